The van der Waals surface area contributed by atoms with Crippen LogP contribution in [0.3, 0.4) is 0 Å². The highest BCUT2D eigenvalue weighted by atomic mass is 16.2. The molecule has 5 heteroatoms. The van der Waals surface area contributed by atoms with E-state index in [0.29, 0.717) is 17.7 Å². The van der Waals surface area contributed by atoms with Gasteiger partial charge in [0.1, 0.15) is 6.04 Å². The Morgan fingerprint density at radius 2 is 2.05 bits per heavy atom. The molecular formula is C16H21N3O2. The molecule has 2 amide bonds. The van der Waals surface area contributed by atoms with Crippen LogP contribution in [-0.4, -0.2) is 30.9 Å². The van der Waals surface area contributed by atoms with Crippen LogP contribution >= 0.6 is 0 Å². The second-order valence-electron chi connectivity index (χ2n) is 4.54. The molecule has 0 heterocycles. The Labute approximate surface area is 125 Å². The first-order chi connectivity index (χ1) is 10.1. The third kappa shape index (κ3) is 5.28. The van der Waals surface area contributed by atoms with E-state index in [1.54, 1.807) is 31.2 Å². The fourth-order valence-electron chi connectivity index (χ4n) is 1.68. The molecule has 1 aromatic rings. The smallest absolute Gasteiger partial charge is 0.253 e. The molecule has 0 bridgehead atoms. The molecule has 0 aliphatic rings. The zero-order valence-electron chi connectivity index (χ0n) is 12.4. The number of carbonyl (C=O) groups is 2. The predicted molar refractivity (Wildman–Crippen MR) is 82.6 cm³/mol. The van der Waals surface area contributed by atoms with E-state index in [2.05, 4.69) is 22.5 Å². The third-order valence-corrected chi connectivity index (χ3v) is 2.79. The minimum absolute atomic E-state index is 0.198. The number of rotatable bonds is 5. The molecule has 0 saturated heterocycles. The van der Waals surface area contributed by atoms with Crippen molar-refractivity contribution in [1.29, 1.82) is 0 Å². The van der Waals surface area contributed by atoms with Crippen LogP contribution in [0.5, 0.6) is 0 Å². The van der Waals surface area contributed by atoms with E-state index >= 15 is 0 Å². The second-order valence-corrected chi connectivity index (χ2v) is 4.54. The first-order valence-electron chi connectivity index (χ1n) is 6.96. The average Bonchev–Trinajstić information content (AvgIpc) is 2.50. The molecule has 0 radical (unpaired) electrons. The van der Waals surface area contributed by atoms with Crippen LogP contribution in [0.1, 0.15) is 36.2 Å². The first-order valence-corrected chi connectivity index (χ1v) is 6.96. The summed E-state index contributed by atoms with van der Waals surface area (Å²) in [7, 11) is 0. The van der Waals surface area contributed by atoms with Crippen molar-refractivity contribution in [2.45, 2.75) is 26.3 Å². The summed E-state index contributed by atoms with van der Waals surface area (Å²) in [5.41, 5.74) is 6.38. The van der Waals surface area contributed by atoms with Crippen LogP contribution in [-0.2, 0) is 4.79 Å². The van der Waals surface area contributed by atoms with Gasteiger partial charge in [0.15, 0.2) is 0 Å². The lowest BCUT2D eigenvalue weighted by Gasteiger charge is -2.14. The Morgan fingerprint density at radius 1 is 1.33 bits per heavy atom. The van der Waals surface area contributed by atoms with Crippen LogP contribution in [0, 0.1) is 11.8 Å². The summed E-state index contributed by atoms with van der Waals surface area (Å²) in [6.07, 6.45) is 0.851. The Kier molecular flexibility index (Phi) is 6.99. The van der Waals surface area contributed by atoms with Crippen LogP contribution in [0.25, 0.3) is 0 Å². The van der Waals surface area contributed by atoms with Gasteiger partial charge in [0.2, 0.25) is 5.91 Å². The molecule has 5 nitrogen and oxygen atoms in total. The molecule has 1 atom stereocenters. The molecule has 4 N–H and O–H groups in total. The van der Waals surface area contributed by atoms with E-state index in [1.807, 2.05) is 6.92 Å². The molecule has 1 aromatic carbocycles. The van der Waals surface area contributed by atoms with Gasteiger partial charge in [0.05, 0.1) is 12.1 Å². The van der Waals surface area contributed by atoms with Gasteiger partial charge in [-0.3, -0.25) is 9.59 Å². The predicted octanol–water partition coefficient (Wildman–Crippen LogP) is 0.641. The van der Waals surface area contributed by atoms with E-state index in [-0.39, 0.29) is 18.4 Å². The largest absolute Gasteiger partial charge is 0.354 e. The van der Waals surface area contributed by atoms with E-state index in [1.165, 1.54) is 0 Å². The molecule has 1 unspecified atom stereocenters. The lowest BCUT2D eigenvalue weighted by Crippen LogP contribution is -2.45. The Bertz CT molecular complexity index is 558. The fraction of sp³-hybridized carbons (Fsp3) is 0.375. The maximum absolute atomic E-state index is 12.2. The quantitative estimate of drug-likeness (QED) is 0.695. The van der Waals surface area contributed by atoms with Gasteiger partial charge in [-0.25, -0.2) is 0 Å². The van der Waals surface area contributed by atoms with Crippen molar-refractivity contribution in [3.05, 3.63) is 35.4 Å². The minimum Gasteiger partial charge on any atom is -0.354 e. The highest BCUT2D eigenvalue weighted by Gasteiger charge is 2.17. The topological polar surface area (TPSA) is 84.2 Å². The van der Waals surface area contributed by atoms with Crippen molar-refractivity contribution in [1.82, 2.24) is 10.6 Å². The summed E-state index contributed by atoms with van der Waals surface area (Å²) >= 11 is 0. The summed E-state index contributed by atoms with van der Waals surface area (Å²) in [4.78, 5) is 24.0. The van der Waals surface area contributed by atoms with Gasteiger partial charge in [-0.2, -0.15) is 0 Å². The molecule has 0 fully saturated rings. The number of nitrogens with two attached hydrogens (primary N) is 1. The SMILES string of the molecule is CCCNC(=O)C(C)NC(=O)c1ccccc1C#CCN. The van der Waals surface area contributed by atoms with Crippen molar-refractivity contribution >= 4 is 11.8 Å². The van der Waals surface area contributed by atoms with Gasteiger partial charge in [0, 0.05) is 12.1 Å². The average molecular weight is 287 g/mol. The van der Waals surface area contributed by atoms with Crippen LogP contribution in [0.15, 0.2) is 24.3 Å². The van der Waals surface area contributed by atoms with Crippen molar-refractivity contribution in [2.75, 3.05) is 13.1 Å². The summed E-state index contributed by atoms with van der Waals surface area (Å²) in [6.45, 7) is 4.44. The molecular weight excluding hydrogens is 266 g/mol. The Morgan fingerprint density at radius 3 is 2.71 bits per heavy atom. The number of hydrogen-bond acceptors (Lipinski definition) is 3. The molecule has 0 aliphatic carbocycles. The highest BCUT2D eigenvalue weighted by molar-refractivity contribution is 5.99. The normalized spacial score (nSPS) is 11.0. The summed E-state index contributed by atoms with van der Waals surface area (Å²) in [5, 5.41) is 5.41. The van der Waals surface area contributed by atoms with E-state index in [0.717, 1.165) is 6.42 Å². The van der Waals surface area contributed by atoms with Gasteiger partial charge >= 0.3 is 0 Å². The molecule has 0 saturated carbocycles. The zero-order valence-corrected chi connectivity index (χ0v) is 12.4. The fourth-order valence-corrected chi connectivity index (χ4v) is 1.68. The summed E-state index contributed by atoms with van der Waals surface area (Å²) in [6, 6.07) is 6.38. The van der Waals surface area contributed by atoms with Gasteiger partial charge in [-0.1, -0.05) is 30.9 Å². The number of benzene rings is 1. The molecule has 112 valence electrons. The third-order valence-electron chi connectivity index (χ3n) is 2.79. The van der Waals surface area contributed by atoms with Crippen LogP contribution < -0.4 is 16.4 Å². The van der Waals surface area contributed by atoms with Gasteiger partial charge < -0.3 is 16.4 Å². The molecule has 0 spiro atoms. The van der Waals surface area contributed by atoms with E-state index in [9.17, 15) is 9.59 Å². The molecule has 0 aliphatic heterocycles. The Hall–Kier alpha value is -2.32. The molecule has 21 heavy (non-hydrogen) atoms. The van der Waals surface area contributed by atoms with Crippen molar-refractivity contribution < 1.29 is 9.59 Å². The van der Waals surface area contributed by atoms with Gasteiger partial charge in [-0.15, -0.1) is 0 Å². The van der Waals surface area contributed by atoms with E-state index < -0.39 is 6.04 Å². The Balaban J connectivity index is 2.78. The van der Waals surface area contributed by atoms with Crippen molar-refractivity contribution in [2.24, 2.45) is 5.73 Å². The number of hydrogen-bond donors (Lipinski definition) is 3. The van der Waals surface area contributed by atoms with Gasteiger partial charge in [-0.05, 0) is 25.5 Å². The monoisotopic (exact) mass is 287 g/mol. The lowest BCUT2D eigenvalue weighted by molar-refractivity contribution is -0.122. The maximum Gasteiger partial charge on any atom is 0.253 e. The summed E-state index contributed by atoms with van der Waals surface area (Å²) in [5.74, 6) is 5.06. The lowest BCUT2D eigenvalue weighted by atomic mass is 10.1. The van der Waals surface area contributed by atoms with Gasteiger partial charge in [0.25, 0.3) is 5.91 Å². The molecule has 1 rings (SSSR count). The van der Waals surface area contributed by atoms with Crippen LogP contribution in [0.4, 0.5) is 0 Å². The minimum atomic E-state index is -0.598. The summed E-state index contributed by atoms with van der Waals surface area (Å²) < 4.78 is 0. The van der Waals surface area contributed by atoms with Crippen molar-refractivity contribution in [3.8, 4) is 11.8 Å². The maximum atomic E-state index is 12.2. The first kappa shape index (κ1) is 16.7. The number of nitrogens with one attached hydrogen (secondary N) is 2. The number of amides is 2. The highest BCUT2D eigenvalue weighted by Crippen LogP contribution is 2.07. The number of carbonyl (C=O) groups excluding carboxylic acids is 2. The zero-order chi connectivity index (χ0) is 15.7. The van der Waals surface area contributed by atoms with Crippen molar-refractivity contribution in [3.63, 3.8) is 0 Å². The van der Waals surface area contributed by atoms with E-state index in [4.69, 9.17) is 5.73 Å². The second kappa shape index (κ2) is 8.77. The standard InChI is InChI=1S/C16H21N3O2/c1-3-11-18-15(20)12(2)19-16(21)14-9-5-4-7-13(14)8-6-10-17/h4-5,7,9,12H,3,10-11,17H2,1-2H3,(H,18,20)(H,19,21). The van der Waals surface area contributed by atoms with Crippen LogP contribution in [0.2, 0.25) is 0 Å². The molecule has 0 aromatic heterocycles.